The van der Waals surface area contributed by atoms with E-state index >= 15 is 0 Å². The summed E-state index contributed by atoms with van der Waals surface area (Å²) in [5.41, 5.74) is 2.01. The third kappa shape index (κ3) is 2.58. The van der Waals surface area contributed by atoms with E-state index in [9.17, 15) is 4.79 Å². The first-order valence-corrected chi connectivity index (χ1v) is 5.88. The Morgan fingerprint density at radius 2 is 2.18 bits per heavy atom. The molecule has 0 atom stereocenters. The fourth-order valence-electron chi connectivity index (χ4n) is 2.04. The predicted octanol–water partition coefficient (Wildman–Crippen LogP) is 1.33. The van der Waals surface area contributed by atoms with Crippen LogP contribution in [0.2, 0.25) is 0 Å². The number of hydrogen-bond acceptors (Lipinski definition) is 3. The van der Waals surface area contributed by atoms with Gasteiger partial charge in [0.15, 0.2) is 0 Å². The van der Waals surface area contributed by atoms with Gasteiger partial charge in [-0.15, -0.1) is 0 Å². The molecule has 4 heteroatoms. The van der Waals surface area contributed by atoms with Crippen molar-refractivity contribution in [2.75, 3.05) is 31.6 Å². The number of nitrogens with one attached hydrogen (secondary N) is 1. The number of rotatable bonds is 2. The summed E-state index contributed by atoms with van der Waals surface area (Å²) < 4.78 is 5.33. The van der Waals surface area contributed by atoms with Gasteiger partial charge >= 0.3 is 0 Å². The number of hydrogen-bond donors (Lipinski definition) is 1. The number of amides is 1. The third-order valence-corrected chi connectivity index (χ3v) is 2.95. The lowest BCUT2D eigenvalue weighted by molar-refractivity contribution is -0.118. The molecule has 1 saturated heterocycles. The highest BCUT2D eigenvalue weighted by Gasteiger charge is 2.20. The van der Waals surface area contributed by atoms with Gasteiger partial charge in [0, 0.05) is 26.1 Å². The number of ether oxygens (including phenoxy) is 1. The second-order valence-corrected chi connectivity index (χ2v) is 4.22. The summed E-state index contributed by atoms with van der Waals surface area (Å²) in [6.07, 6.45) is 0.539. The van der Waals surface area contributed by atoms with Crippen molar-refractivity contribution >= 4 is 11.6 Å². The molecule has 2 rings (SSSR count). The smallest absolute Gasteiger partial charge is 0.228 e. The highest BCUT2D eigenvalue weighted by Crippen LogP contribution is 2.29. The van der Waals surface area contributed by atoms with Crippen LogP contribution in [0, 0.1) is 6.92 Å². The van der Waals surface area contributed by atoms with E-state index in [1.54, 1.807) is 7.11 Å². The normalized spacial score (nSPS) is 16.8. The molecule has 0 aliphatic carbocycles. The number of methoxy groups -OCH3 is 1. The van der Waals surface area contributed by atoms with Gasteiger partial charge in [-0.3, -0.25) is 4.79 Å². The number of carbonyl (C=O) groups excluding carboxylic acids is 1. The molecular formula is C13H18N2O2. The predicted molar refractivity (Wildman–Crippen MR) is 67.6 cm³/mol. The first-order chi connectivity index (χ1) is 8.22. The van der Waals surface area contributed by atoms with Gasteiger partial charge in [0.2, 0.25) is 5.91 Å². The van der Waals surface area contributed by atoms with Gasteiger partial charge in [0.05, 0.1) is 12.8 Å². The van der Waals surface area contributed by atoms with E-state index in [1.807, 2.05) is 30.0 Å². The summed E-state index contributed by atoms with van der Waals surface area (Å²) in [7, 11) is 1.63. The van der Waals surface area contributed by atoms with E-state index in [0.717, 1.165) is 30.1 Å². The summed E-state index contributed by atoms with van der Waals surface area (Å²) in [5, 5.41) is 3.23. The molecule has 0 aromatic heterocycles. The SMILES string of the molecule is COc1ccc(C)cc1N1CCNCCC1=O. The van der Waals surface area contributed by atoms with E-state index < -0.39 is 0 Å². The minimum absolute atomic E-state index is 0.152. The summed E-state index contributed by atoms with van der Waals surface area (Å²) in [6.45, 7) is 4.29. The Morgan fingerprint density at radius 1 is 1.35 bits per heavy atom. The van der Waals surface area contributed by atoms with E-state index in [0.29, 0.717) is 13.0 Å². The Labute approximate surface area is 102 Å². The molecule has 1 amide bonds. The number of nitrogens with zero attached hydrogens (tertiary/aromatic N) is 1. The van der Waals surface area contributed by atoms with Crippen LogP contribution in [-0.4, -0.2) is 32.7 Å². The molecule has 0 bridgehead atoms. The highest BCUT2D eigenvalue weighted by molar-refractivity contribution is 5.95. The topological polar surface area (TPSA) is 41.6 Å². The molecule has 0 saturated carbocycles. The second kappa shape index (κ2) is 5.19. The monoisotopic (exact) mass is 234 g/mol. The second-order valence-electron chi connectivity index (χ2n) is 4.22. The van der Waals surface area contributed by atoms with Gasteiger partial charge in [-0.25, -0.2) is 0 Å². The van der Waals surface area contributed by atoms with Crippen LogP contribution in [-0.2, 0) is 4.79 Å². The standard InChI is InChI=1S/C13H18N2O2/c1-10-3-4-12(17-2)11(9-10)15-8-7-14-6-5-13(15)16/h3-4,9,14H,5-8H2,1-2H3. The molecule has 1 aromatic rings. The van der Waals surface area contributed by atoms with E-state index in [4.69, 9.17) is 4.74 Å². The number of anilines is 1. The Morgan fingerprint density at radius 3 is 2.94 bits per heavy atom. The molecule has 1 heterocycles. The Bertz CT molecular complexity index is 418. The summed E-state index contributed by atoms with van der Waals surface area (Å²) in [6, 6.07) is 5.90. The molecule has 17 heavy (non-hydrogen) atoms. The minimum atomic E-state index is 0.152. The maximum atomic E-state index is 12.0. The first kappa shape index (κ1) is 11.9. The van der Waals surface area contributed by atoms with Crippen molar-refractivity contribution in [2.45, 2.75) is 13.3 Å². The summed E-state index contributed by atoms with van der Waals surface area (Å²) in [5.74, 6) is 0.907. The summed E-state index contributed by atoms with van der Waals surface area (Å²) in [4.78, 5) is 13.8. The van der Waals surface area contributed by atoms with E-state index in [-0.39, 0.29) is 5.91 Å². The number of carbonyl (C=O) groups is 1. The maximum Gasteiger partial charge on any atom is 0.228 e. The van der Waals surface area contributed by atoms with Crippen LogP contribution in [0.15, 0.2) is 18.2 Å². The highest BCUT2D eigenvalue weighted by atomic mass is 16.5. The zero-order valence-corrected chi connectivity index (χ0v) is 10.3. The lowest BCUT2D eigenvalue weighted by Crippen LogP contribution is -2.32. The lowest BCUT2D eigenvalue weighted by Gasteiger charge is -2.23. The molecule has 4 nitrogen and oxygen atoms in total. The molecule has 1 aliphatic heterocycles. The largest absolute Gasteiger partial charge is 0.495 e. The zero-order valence-electron chi connectivity index (χ0n) is 10.3. The molecule has 1 fully saturated rings. The average molecular weight is 234 g/mol. The fraction of sp³-hybridized carbons (Fsp3) is 0.462. The van der Waals surface area contributed by atoms with Gasteiger partial charge in [-0.2, -0.15) is 0 Å². The van der Waals surface area contributed by atoms with Crippen molar-refractivity contribution in [3.8, 4) is 5.75 Å². The van der Waals surface area contributed by atoms with E-state index in [2.05, 4.69) is 5.32 Å². The van der Waals surface area contributed by atoms with Gasteiger partial charge in [-0.1, -0.05) is 6.07 Å². The molecule has 0 spiro atoms. The van der Waals surface area contributed by atoms with Gasteiger partial charge in [0.25, 0.3) is 0 Å². The van der Waals surface area contributed by atoms with Crippen molar-refractivity contribution in [1.29, 1.82) is 0 Å². The van der Waals surface area contributed by atoms with Crippen molar-refractivity contribution in [1.82, 2.24) is 5.32 Å². The minimum Gasteiger partial charge on any atom is -0.495 e. The van der Waals surface area contributed by atoms with Crippen molar-refractivity contribution < 1.29 is 9.53 Å². The Kier molecular flexibility index (Phi) is 3.64. The lowest BCUT2D eigenvalue weighted by atomic mass is 10.2. The summed E-state index contributed by atoms with van der Waals surface area (Å²) >= 11 is 0. The number of aryl methyl sites for hydroxylation is 1. The molecular weight excluding hydrogens is 216 g/mol. The average Bonchev–Trinajstić information content (AvgIpc) is 2.54. The van der Waals surface area contributed by atoms with Crippen molar-refractivity contribution in [2.24, 2.45) is 0 Å². The molecule has 0 radical (unpaired) electrons. The fourth-order valence-corrected chi connectivity index (χ4v) is 2.04. The Hall–Kier alpha value is -1.55. The number of benzene rings is 1. The van der Waals surface area contributed by atoms with Gasteiger partial charge in [0.1, 0.15) is 5.75 Å². The van der Waals surface area contributed by atoms with Gasteiger partial charge < -0.3 is 15.0 Å². The molecule has 0 unspecified atom stereocenters. The molecule has 1 aromatic carbocycles. The van der Waals surface area contributed by atoms with Crippen LogP contribution in [0.4, 0.5) is 5.69 Å². The quantitative estimate of drug-likeness (QED) is 0.839. The van der Waals surface area contributed by atoms with Crippen LogP contribution in [0.5, 0.6) is 5.75 Å². The molecule has 92 valence electrons. The van der Waals surface area contributed by atoms with Crippen molar-refractivity contribution in [3.63, 3.8) is 0 Å². The van der Waals surface area contributed by atoms with Crippen LogP contribution in [0.25, 0.3) is 0 Å². The molecule has 1 aliphatic rings. The van der Waals surface area contributed by atoms with Crippen LogP contribution >= 0.6 is 0 Å². The Balaban J connectivity index is 2.36. The van der Waals surface area contributed by atoms with Crippen LogP contribution in [0.3, 0.4) is 0 Å². The van der Waals surface area contributed by atoms with Crippen LogP contribution in [0.1, 0.15) is 12.0 Å². The third-order valence-electron chi connectivity index (χ3n) is 2.95. The van der Waals surface area contributed by atoms with Crippen molar-refractivity contribution in [3.05, 3.63) is 23.8 Å². The maximum absolute atomic E-state index is 12.0. The first-order valence-electron chi connectivity index (χ1n) is 5.88. The van der Waals surface area contributed by atoms with E-state index in [1.165, 1.54) is 0 Å². The van der Waals surface area contributed by atoms with Gasteiger partial charge in [-0.05, 0) is 24.6 Å². The zero-order chi connectivity index (χ0) is 12.3. The van der Waals surface area contributed by atoms with Crippen LogP contribution < -0.4 is 15.0 Å². The molecule has 1 N–H and O–H groups in total.